The van der Waals surface area contributed by atoms with Gasteiger partial charge in [0.05, 0.1) is 7.11 Å². The SMILES string of the molecule is COC(=O)[C@H]1N[C@H](C)C2C=CC=C(C(=O)c3ccccc3)[C@@H]1C2. The largest absolute Gasteiger partial charge is 0.468 e. The summed E-state index contributed by atoms with van der Waals surface area (Å²) >= 11 is 0. The number of hydrogen-bond acceptors (Lipinski definition) is 4. The van der Waals surface area contributed by atoms with Gasteiger partial charge in [-0.2, -0.15) is 0 Å². The lowest BCUT2D eigenvalue weighted by Gasteiger charge is -2.38. The van der Waals surface area contributed by atoms with Gasteiger partial charge in [-0.15, -0.1) is 0 Å². The Labute approximate surface area is 136 Å². The number of Topliss-reactive ketones (excluding diaryl/α,β-unsaturated/α-hetero) is 1. The predicted molar refractivity (Wildman–Crippen MR) is 88.0 cm³/mol. The van der Waals surface area contributed by atoms with Crippen molar-refractivity contribution in [2.75, 3.05) is 7.11 Å². The van der Waals surface area contributed by atoms with Crippen LogP contribution in [0, 0.1) is 11.8 Å². The zero-order valence-corrected chi connectivity index (χ0v) is 13.4. The molecule has 1 heterocycles. The van der Waals surface area contributed by atoms with E-state index in [1.165, 1.54) is 7.11 Å². The summed E-state index contributed by atoms with van der Waals surface area (Å²) in [6.45, 7) is 2.06. The van der Waals surface area contributed by atoms with E-state index in [-0.39, 0.29) is 23.7 Å². The van der Waals surface area contributed by atoms with Crippen molar-refractivity contribution in [1.29, 1.82) is 0 Å². The van der Waals surface area contributed by atoms with Crippen LogP contribution in [-0.4, -0.2) is 30.9 Å². The molecule has 4 heteroatoms. The molecule has 0 radical (unpaired) electrons. The highest BCUT2D eigenvalue weighted by Crippen LogP contribution is 2.35. The number of piperidine rings is 1. The number of carbonyl (C=O) groups excluding carboxylic acids is 2. The van der Waals surface area contributed by atoms with E-state index < -0.39 is 6.04 Å². The van der Waals surface area contributed by atoms with E-state index in [9.17, 15) is 9.59 Å². The minimum atomic E-state index is -0.481. The molecule has 2 bridgehead atoms. The van der Waals surface area contributed by atoms with Crippen LogP contribution in [-0.2, 0) is 9.53 Å². The van der Waals surface area contributed by atoms with Crippen LogP contribution >= 0.6 is 0 Å². The second kappa shape index (κ2) is 6.50. The van der Waals surface area contributed by atoms with Gasteiger partial charge in [-0.25, -0.2) is 0 Å². The minimum Gasteiger partial charge on any atom is -0.468 e. The van der Waals surface area contributed by atoms with Crippen LogP contribution in [0.1, 0.15) is 23.7 Å². The number of hydrogen-bond donors (Lipinski definition) is 1. The summed E-state index contributed by atoms with van der Waals surface area (Å²) in [7, 11) is 1.39. The topological polar surface area (TPSA) is 55.4 Å². The zero-order chi connectivity index (χ0) is 16.4. The number of ether oxygens (including phenoxy) is 1. The summed E-state index contributed by atoms with van der Waals surface area (Å²) in [6, 6.07) is 8.89. The molecule has 1 saturated heterocycles. The number of ketones is 1. The molecule has 1 aliphatic heterocycles. The van der Waals surface area contributed by atoms with Crippen molar-refractivity contribution in [2.45, 2.75) is 25.4 Å². The Balaban J connectivity index is 1.96. The van der Waals surface area contributed by atoms with E-state index in [1.54, 1.807) is 12.1 Å². The normalized spacial score (nSPS) is 29.4. The number of methoxy groups -OCH3 is 1. The summed E-state index contributed by atoms with van der Waals surface area (Å²) in [5, 5.41) is 3.33. The van der Waals surface area contributed by atoms with E-state index in [1.807, 2.05) is 30.4 Å². The highest BCUT2D eigenvalue weighted by Gasteiger charge is 2.42. The molecule has 0 aromatic heterocycles. The molecule has 3 rings (SSSR count). The van der Waals surface area contributed by atoms with E-state index in [0.717, 1.165) is 6.42 Å². The minimum absolute atomic E-state index is 0.0221. The van der Waals surface area contributed by atoms with Gasteiger partial charge in [0.25, 0.3) is 0 Å². The quantitative estimate of drug-likeness (QED) is 0.688. The number of benzene rings is 1. The van der Waals surface area contributed by atoms with Gasteiger partial charge in [-0.05, 0) is 19.3 Å². The second-order valence-corrected chi connectivity index (χ2v) is 6.16. The molecule has 1 aliphatic carbocycles. The molecule has 120 valence electrons. The first kappa shape index (κ1) is 15.7. The summed E-state index contributed by atoms with van der Waals surface area (Å²) in [5.41, 5.74) is 1.32. The molecule has 0 amide bonds. The van der Waals surface area contributed by atoms with Crippen LogP contribution in [0.25, 0.3) is 0 Å². The Bertz CT molecular complexity index is 662. The molecule has 2 aliphatic rings. The fraction of sp³-hybridized carbons (Fsp3) is 0.368. The van der Waals surface area contributed by atoms with Crippen molar-refractivity contribution in [1.82, 2.24) is 5.32 Å². The smallest absolute Gasteiger partial charge is 0.323 e. The van der Waals surface area contributed by atoms with Gasteiger partial charge in [0.2, 0.25) is 0 Å². The summed E-state index contributed by atoms with van der Waals surface area (Å²) in [5.74, 6) is -0.204. The van der Waals surface area contributed by atoms with Gasteiger partial charge < -0.3 is 10.1 Å². The summed E-state index contributed by atoms with van der Waals surface area (Å²) in [6.07, 6.45) is 6.69. The molecule has 23 heavy (non-hydrogen) atoms. The third kappa shape index (κ3) is 2.99. The monoisotopic (exact) mass is 311 g/mol. The maximum absolute atomic E-state index is 12.9. The molecular formula is C19H21NO3. The first-order chi connectivity index (χ1) is 11.1. The van der Waals surface area contributed by atoms with Crippen molar-refractivity contribution in [2.24, 2.45) is 11.8 Å². The number of allylic oxidation sites excluding steroid dienone is 2. The zero-order valence-electron chi connectivity index (χ0n) is 13.4. The van der Waals surface area contributed by atoms with E-state index in [0.29, 0.717) is 17.1 Å². The van der Waals surface area contributed by atoms with Crippen molar-refractivity contribution in [3.63, 3.8) is 0 Å². The average Bonchev–Trinajstić information content (AvgIpc) is 2.78. The fourth-order valence-corrected chi connectivity index (χ4v) is 3.49. The first-order valence-electron chi connectivity index (χ1n) is 7.94. The number of nitrogens with one attached hydrogen (secondary N) is 1. The highest BCUT2D eigenvalue weighted by atomic mass is 16.5. The van der Waals surface area contributed by atoms with Gasteiger partial charge in [-0.1, -0.05) is 48.6 Å². The Kier molecular flexibility index (Phi) is 4.44. The average molecular weight is 311 g/mol. The third-order valence-corrected chi connectivity index (χ3v) is 4.80. The van der Waals surface area contributed by atoms with Crippen LogP contribution < -0.4 is 5.32 Å². The van der Waals surface area contributed by atoms with E-state index >= 15 is 0 Å². The molecule has 0 saturated carbocycles. The van der Waals surface area contributed by atoms with Crippen LogP contribution in [0.3, 0.4) is 0 Å². The Morgan fingerprint density at radius 3 is 2.65 bits per heavy atom. The molecule has 1 aromatic carbocycles. The highest BCUT2D eigenvalue weighted by molar-refractivity contribution is 6.09. The fourth-order valence-electron chi connectivity index (χ4n) is 3.49. The standard InChI is InChI=1S/C19H21NO3/c1-12-14-9-6-10-15(18(21)13-7-4-3-5-8-13)16(11-14)17(20-12)19(22)23-2/h3-10,12,14,16-17,20H,11H2,1-2H3/t12-,14?,16+,17+/m1/s1. The lowest BCUT2D eigenvalue weighted by Crippen LogP contribution is -2.55. The van der Waals surface area contributed by atoms with E-state index in [2.05, 4.69) is 18.3 Å². The van der Waals surface area contributed by atoms with Gasteiger partial charge in [-0.3, -0.25) is 9.59 Å². The van der Waals surface area contributed by atoms with Crippen molar-refractivity contribution < 1.29 is 14.3 Å². The van der Waals surface area contributed by atoms with Gasteiger partial charge in [0.15, 0.2) is 5.78 Å². The molecule has 0 spiro atoms. The van der Waals surface area contributed by atoms with Crippen LogP contribution in [0.4, 0.5) is 0 Å². The molecular weight excluding hydrogens is 290 g/mol. The lowest BCUT2D eigenvalue weighted by molar-refractivity contribution is -0.145. The van der Waals surface area contributed by atoms with Gasteiger partial charge in [0, 0.05) is 23.1 Å². The third-order valence-electron chi connectivity index (χ3n) is 4.80. The second-order valence-electron chi connectivity index (χ2n) is 6.16. The summed E-state index contributed by atoms with van der Waals surface area (Å²) < 4.78 is 4.94. The van der Waals surface area contributed by atoms with Gasteiger partial charge >= 0.3 is 5.97 Å². The van der Waals surface area contributed by atoms with Crippen molar-refractivity contribution in [3.05, 3.63) is 59.7 Å². The first-order valence-corrected chi connectivity index (χ1v) is 7.94. The molecule has 4 atom stereocenters. The Morgan fingerprint density at radius 2 is 1.96 bits per heavy atom. The number of rotatable bonds is 3. The van der Waals surface area contributed by atoms with E-state index in [4.69, 9.17) is 4.74 Å². The molecule has 1 N–H and O–H groups in total. The Hall–Kier alpha value is -2.20. The molecule has 4 nitrogen and oxygen atoms in total. The summed E-state index contributed by atoms with van der Waals surface area (Å²) in [4.78, 5) is 25.1. The molecule has 1 unspecified atom stereocenters. The Morgan fingerprint density at radius 1 is 1.22 bits per heavy atom. The molecule has 1 fully saturated rings. The maximum Gasteiger partial charge on any atom is 0.323 e. The molecule has 1 aromatic rings. The predicted octanol–water partition coefficient (Wildman–Crippen LogP) is 2.52. The van der Waals surface area contributed by atoms with Crippen LogP contribution in [0.2, 0.25) is 0 Å². The van der Waals surface area contributed by atoms with Crippen LogP contribution in [0.15, 0.2) is 54.1 Å². The number of carbonyl (C=O) groups is 2. The van der Waals surface area contributed by atoms with Crippen LogP contribution in [0.5, 0.6) is 0 Å². The van der Waals surface area contributed by atoms with Crippen molar-refractivity contribution in [3.8, 4) is 0 Å². The van der Waals surface area contributed by atoms with Gasteiger partial charge in [0.1, 0.15) is 6.04 Å². The maximum atomic E-state index is 12.9. The number of esters is 1. The van der Waals surface area contributed by atoms with Crippen molar-refractivity contribution >= 4 is 11.8 Å². The number of fused-ring (bicyclic) bond motifs is 2. The lowest BCUT2D eigenvalue weighted by atomic mass is 9.76.